The Kier molecular flexibility index (Phi) is 4.26. The Morgan fingerprint density at radius 2 is 1.82 bits per heavy atom. The molecule has 4 N–H and O–H groups in total. The molecule has 0 radical (unpaired) electrons. The molecule has 0 bridgehead atoms. The molecule has 11 heavy (non-hydrogen) atoms. The first-order chi connectivity index (χ1) is 5.06. The van der Waals surface area contributed by atoms with Crippen molar-refractivity contribution in [3.63, 3.8) is 0 Å². The Bertz CT molecular complexity index is 169. The molecule has 0 amide bonds. The molecule has 0 unspecified atom stereocenters. The lowest BCUT2D eigenvalue weighted by Crippen LogP contribution is -2.23. The fourth-order valence-electron chi connectivity index (χ4n) is 0.642. The van der Waals surface area contributed by atoms with Crippen molar-refractivity contribution in [2.75, 3.05) is 7.05 Å². The van der Waals surface area contributed by atoms with E-state index in [0.29, 0.717) is 18.1 Å². The topological polar surface area (TPSA) is 76.8 Å². The second-order valence-electron chi connectivity index (χ2n) is 2.61. The van der Waals surface area contributed by atoms with Gasteiger partial charge in [-0.05, 0) is 13.8 Å². The number of nitrogens with zero attached hydrogens (tertiary/aromatic N) is 2. The summed E-state index contributed by atoms with van der Waals surface area (Å²) in [6.45, 7) is 3.93. The average molecular weight is 156 g/mol. The molecule has 0 heterocycles. The van der Waals surface area contributed by atoms with Gasteiger partial charge in [-0.3, -0.25) is 9.98 Å². The molecule has 0 aromatic heterocycles. The summed E-state index contributed by atoms with van der Waals surface area (Å²) in [6, 6.07) is 0.222. The van der Waals surface area contributed by atoms with Crippen molar-refractivity contribution in [2.24, 2.45) is 21.5 Å². The summed E-state index contributed by atoms with van der Waals surface area (Å²) >= 11 is 0. The average Bonchev–Trinajstić information content (AvgIpc) is 1.85. The van der Waals surface area contributed by atoms with E-state index < -0.39 is 0 Å². The zero-order valence-electron chi connectivity index (χ0n) is 7.33. The van der Waals surface area contributed by atoms with Crippen LogP contribution in [0.15, 0.2) is 9.98 Å². The molecule has 0 saturated heterocycles. The molecule has 0 aliphatic carbocycles. The number of rotatable bonds is 3. The first kappa shape index (κ1) is 9.94. The largest absolute Gasteiger partial charge is 0.387 e. The first-order valence-electron chi connectivity index (χ1n) is 3.59. The van der Waals surface area contributed by atoms with Gasteiger partial charge in [-0.1, -0.05) is 0 Å². The fourth-order valence-corrected chi connectivity index (χ4v) is 0.642. The Labute approximate surface area is 67.4 Å². The second-order valence-corrected chi connectivity index (χ2v) is 2.61. The van der Waals surface area contributed by atoms with Gasteiger partial charge in [0.15, 0.2) is 0 Å². The molecular formula is C7H16N4. The normalized spacial score (nSPS) is 14.2. The van der Waals surface area contributed by atoms with Gasteiger partial charge in [0.05, 0.1) is 6.42 Å². The third-order valence-electron chi connectivity index (χ3n) is 1.07. The SMILES string of the molecule is CN=C(N)CC(N)=NC(C)C. The van der Waals surface area contributed by atoms with Crippen LogP contribution in [0.1, 0.15) is 20.3 Å². The highest BCUT2D eigenvalue weighted by atomic mass is 14.9. The van der Waals surface area contributed by atoms with Crippen LogP contribution in [0.4, 0.5) is 0 Å². The third-order valence-corrected chi connectivity index (χ3v) is 1.07. The number of aliphatic imine (C=N–C) groups is 2. The lowest BCUT2D eigenvalue weighted by atomic mass is 10.3. The number of hydrogen-bond donors (Lipinski definition) is 2. The first-order valence-corrected chi connectivity index (χ1v) is 3.59. The molecule has 4 heteroatoms. The van der Waals surface area contributed by atoms with Crippen LogP contribution < -0.4 is 11.5 Å². The Morgan fingerprint density at radius 1 is 1.27 bits per heavy atom. The van der Waals surface area contributed by atoms with Crippen LogP contribution >= 0.6 is 0 Å². The maximum Gasteiger partial charge on any atom is 0.102 e. The Morgan fingerprint density at radius 3 is 2.18 bits per heavy atom. The quantitative estimate of drug-likeness (QED) is 0.450. The van der Waals surface area contributed by atoms with Crippen molar-refractivity contribution < 1.29 is 0 Å². The minimum atomic E-state index is 0.222. The monoisotopic (exact) mass is 156 g/mol. The maximum atomic E-state index is 5.54. The molecule has 0 aromatic rings. The minimum absolute atomic E-state index is 0.222. The molecule has 0 aromatic carbocycles. The van der Waals surface area contributed by atoms with Gasteiger partial charge in [-0.2, -0.15) is 0 Å². The van der Waals surface area contributed by atoms with Crippen molar-refractivity contribution in [3.05, 3.63) is 0 Å². The molecule has 0 saturated carbocycles. The fraction of sp³-hybridized carbons (Fsp3) is 0.714. The highest BCUT2D eigenvalue weighted by Gasteiger charge is 1.96. The zero-order chi connectivity index (χ0) is 8.85. The lowest BCUT2D eigenvalue weighted by molar-refractivity contribution is 0.831. The Balaban J connectivity index is 3.96. The predicted molar refractivity (Wildman–Crippen MR) is 48.9 cm³/mol. The zero-order valence-corrected chi connectivity index (χ0v) is 7.33. The maximum absolute atomic E-state index is 5.54. The molecule has 0 fully saturated rings. The van der Waals surface area contributed by atoms with Gasteiger partial charge in [0.2, 0.25) is 0 Å². The van der Waals surface area contributed by atoms with E-state index in [9.17, 15) is 0 Å². The summed E-state index contributed by atoms with van der Waals surface area (Å²) in [4.78, 5) is 7.87. The van der Waals surface area contributed by atoms with Crippen LogP contribution in [0.2, 0.25) is 0 Å². The van der Waals surface area contributed by atoms with Crippen LogP contribution in [-0.4, -0.2) is 24.8 Å². The summed E-state index contributed by atoms with van der Waals surface area (Å²) in [6.07, 6.45) is 0.467. The summed E-state index contributed by atoms with van der Waals surface area (Å²) in [7, 11) is 1.64. The van der Waals surface area contributed by atoms with Gasteiger partial charge in [0.25, 0.3) is 0 Å². The summed E-state index contributed by atoms with van der Waals surface area (Å²) in [5.41, 5.74) is 11.0. The van der Waals surface area contributed by atoms with Gasteiger partial charge in [-0.15, -0.1) is 0 Å². The van der Waals surface area contributed by atoms with Crippen LogP contribution in [0.25, 0.3) is 0 Å². The van der Waals surface area contributed by atoms with E-state index in [4.69, 9.17) is 11.5 Å². The van der Waals surface area contributed by atoms with Gasteiger partial charge in [-0.25, -0.2) is 0 Å². The molecule has 64 valence electrons. The van der Waals surface area contributed by atoms with E-state index in [1.807, 2.05) is 13.8 Å². The van der Waals surface area contributed by atoms with Crippen molar-refractivity contribution >= 4 is 11.7 Å². The van der Waals surface area contributed by atoms with Gasteiger partial charge in [0, 0.05) is 13.1 Å². The van der Waals surface area contributed by atoms with Gasteiger partial charge >= 0.3 is 0 Å². The van der Waals surface area contributed by atoms with Crippen LogP contribution in [0, 0.1) is 0 Å². The molecule has 0 aliphatic heterocycles. The van der Waals surface area contributed by atoms with E-state index in [0.717, 1.165) is 0 Å². The van der Waals surface area contributed by atoms with E-state index in [2.05, 4.69) is 9.98 Å². The van der Waals surface area contributed by atoms with Crippen molar-refractivity contribution in [1.82, 2.24) is 0 Å². The molecule has 0 spiro atoms. The number of hydrogen-bond acceptors (Lipinski definition) is 2. The lowest BCUT2D eigenvalue weighted by Gasteiger charge is -2.01. The predicted octanol–water partition coefficient (Wildman–Crippen LogP) is 0.129. The molecular weight excluding hydrogens is 140 g/mol. The summed E-state index contributed by atoms with van der Waals surface area (Å²) in [5, 5.41) is 0. The van der Waals surface area contributed by atoms with E-state index in [1.54, 1.807) is 7.05 Å². The Hall–Kier alpha value is -1.06. The van der Waals surface area contributed by atoms with Crippen molar-refractivity contribution in [2.45, 2.75) is 26.3 Å². The summed E-state index contributed by atoms with van der Waals surface area (Å²) < 4.78 is 0. The van der Waals surface area contributed by atoms with Crippen LogP contribution in [0.3, 0.4) is 0 Å². The van der Waals surface area contributed by atoms with Crippen LogP contribution in [-0.2, 0) is 0 Å². The molecule has 0 aliphatic rings. The van der Waals surface area contributed by atoms with Crippen LogP contribution in [0.5, 0.6) is 0 Å². The standard InChI is InChI=1S/C7H16N4/c1-5(2)11-7(9)4-6(8)10-3/h5H,4H2,1-3H3,(H2,8,10)(H2,9,11). The highest BCUT2D eigenvalue weighted by Crippen LogP contribution is 1.88. The van der Waals surface area contributed by atoms with Crippen molar-refractivity contribution in [3.8, 4) is 0 Å². The van der Waals surface area contributed by atoms with Gasteiger partial charge < -0.3 is 11.5 Å². The molecule has 0 atom stereocenters. The third kappa shape index (κ3) is 5.39. The van der Waals surface area contributed by atoms with E-state index in [1.165, 1.54) is 0 Å². The molecule has 0 rings (SSSR count). The minimum Gasteiger partial charge on any atom is -0.387 e. The number of nitrogens with two attached hydrogens (primary N) is 2. The number of amidine groups is 2. The van der Waals surface area contributed by atoms with E-state index >= 15 is 0 Å². The summed E-state index contributed by atoms with van der Waals surface area (Å²) in [5.74, 6) is 1.06. The molecule has 4 nitrogen and oxygen atoms in total. The smallest absolute Gasteiger partial charge is 0.102 e. The van der Waals surface area contributed by atoms with Gasteiger partial charge in [0.1, 0.15) is 11.7 Å². The second kappa shape index (κ2) is 4.71. The van der Waals surface area contributed by atoms with Crippen molar-refractivity contribution in [1.29, 1.82) is 0 Å². The highest BCUT2D eigenvalue weighted by molar-refractivity contribution is 6.00. The van der Waals surface area contributed by atoms with E-state index in [-0.39, 0.29) is 6.04 Å².